The number of halogens is 1. The monoisotopic (exact) mass is 496 g/mol. The lowest BCUT2D eigenvalue weighted by atomic mass is 9.98. The van der Waals surface area contributed by atoms with Crippen LogP contribution in [-0.2, 0) is 10.3 Å². The maximum absolute atomic E-state index is 10.3. The standard InChI is InChI=1S/C26H29BrN2O3/c1-18-7-5-6-8-24(18)32-14-13-28-22-11-9-19(10-12-22)25(31-4)29-23-16-20(26(2,3)30)15-21(27)17-23/h5-12,15-17,28,30H,13-14H2,1-4H3. The summed E-state index contributed by atoms with van der Waals surface area (Å²) in [5, 5.41) is 13.7. The van der Waals surface area contributed by atoms with E-state index in [2.05, 4.69) is 26.2 Å². The van der Waals surface area contributed by atoms with Crippen LogP contribution in [0.5, 0.6) is 5.75 Å². The molecule has 0 aliphatic carbocycles. The van der Waals surface area contributed by atoms with Crippen molar-refractivity contribution in [3.05, 3.63) is 87.9 Å². The van der Waals surface area contributed by atoms with Gasteiger partial charge in [0.15, 0.2) is 0 Å². The molecule has 0 atom stereocenters. The fourth-order valence-electron chi connectivity index (χ4n) is 3.14. The third-order valence-corrected chi connectivity index (χ3v) is 5.39. The van der Waals surface area contributed by atoms with Crippen molar-refractivity contribution in [2.75, 3.05) is 25.6 Å². The van der Waals surface area contributed by atoms with Crippen molar-refractivity contribution in [3.63, 3.8) is 0 Å². The third-order valence-electron chi connectivity index (χ3n) is 4.93. The highest BCUT2D eigenvalue weighted by Crippen LogP contribution is 2.29. The van der Waals surface area contributed by atoms with Gasteiger partial charge in [-0.1, -0.05) is 34.1 Å². The van der Waals surface area contributed by atoms with E-state index in [1.807, 2.05) is 73.7 Å². The first-order valence-electron chi connectivity index (χ1n) is 10.4. The Morgan fingerprint density at radius 1 is 1.06 bits per heavy atom. The Bertz CT molecular complexity index is 1070. The molecule has 0 radical (unpaired) electrons. The topological polar surface area (TPSA) is 63.1 Å². The molecule has 3 rings (SSSR count). The average molecular weight is 497 g/mol. The van der Waals surface area contributed by atoms with Crippen LogP contribution in [0.4, 0.5) is 11.4 Å². The molecule has 0 unspecified atom stereocenters. The molecule has 0 aromatic heterocycles. The first-order valence-corrected chi connectivity index (χ1v) is 11.2. The number of aliphatic imine (C=N–C) groups is 1. The molecule has 6 heteroatoms. The van der Waals surface area contributed by atoms with Crippen molar-refractivity contribution < 1.29 is 14.6 Å². The van der Waals surface area contributed by atoms with Gasteiger partial charge in [0.2, 0.25) is 5.90 Å². The highest BCUT2D eigenvalue weighted by Gasteiger charge is 2.17. The Kier molecular flexibility index (Phi) is 7.94. The van der Waals surface area contributed by atoms with E-state index in [9.17, 15) is 5.11 Å². The zero-order valence-electron chi connectivity index (χ0n) is 18.9. The summed E-state index contributed by atoms with van der Waals surface area (Å²) in [6, 6.07) is 21.5. The minimum atomic E-state index is -0.961. The Balaban J connectivity index is 1.65. The molecule has 2 N–H and O–H groups in total. The van der Waals surface area contributed by atoms with E-state index in [1.165, 1.54) is 0 Å². The normalized spacial score (nSPS) is 11.9. The molecule has 0 saturated carbocycles. The first kappa shape index (κ1) is 23.8. The largest absolute Gasteiger partial charge is 0.491 e. The zero-order chi connectivity index (χ0) is 23.1. The summed E-state index contributed by atoms with van der Waals surface area (Å²) in [5.74, 6) is 1.41. The highest BCUT2D eigenvalue weighted by atomic mass is 79.9. The average Bonchev–Trinajstić information content (AvgIpc) is 2.76. The molecule has 3 aromatic rings. The van der Waals surface area contributed by atoms with Crippen LogP contribution in [0.3, 0.4) is 0 Å². The third kappa shape index (κ3) is 6.58. The summed E-state index contributed by atoms with van der Waals surface area (Å²) in [6.45, 7) is 6.80. The number of nitrogens with zero attached hydrogens (tertiary/aromatic N) is 1. The van der Waals surface area contributed by atoms with E-state index in [-0.39, 0.29) is 0 Å². The van der Waals surface area contributed by atoms with Crippen LogP contribution in [-0.4, -0.2) is 31.3 Å². The predicted molar refractivity (Wildman–Crippen MR) is 134 cm³/mol. The number of aliphatic hydroxyl groups is 1. The molecular weight excluding hydrogens is 468 g/mol. The molecule has 0 spiro atoms. The molecule has 0 heterocycles. The molecule has 0 saturated heterocycles. The maximum atomic E-state index is 10.3. The molecule has 0 bridgehead atoms. The Labute approximate surface area is 198 Å². The van der Waals surface area contributed by atoms with Gasteiger partial charge in [-0.25, -0.2) is 4.99 Å². The van der Waals surface area contributed by atoms with Crippen LogP contribution in [0.1, 0.15) is 30.5 Å². The molecule has 5 nitrogen and oxygen atoms in total. The Morgan fingerprint density at radius 2 is 1.78 bits per heavy atom. The number of rotatable bonds is 8. The zero-order valence-corrected chi connectivity index (χ0v) is 20.4. The van der Waals surface area contributed by atoms with Crippen LogP contribution in [0.15, 0.2) is 76.2 Å². The summed E-state index contributed by atoms with van der Waals surface area (Å²) >= 11 is 3.49. The van der Waals surface area contributed by atoms with E-state index < -0.39 is 5.60 Å². The minimum absolute atomic E-state index is 0.499. The number of para-hydroxylation sites is 1. The van der Waals surface area contributed by atoms with E-state index in [0.29, 0.717) is 24.7 Å². The second-order valence-corrected chi connectivity index (χ2v) is 8.91. The number of anilines is 1. The van der Waals surface area contributed by atoms with Crippen LogP contribution in [0.2, 0.25) is 0 Å². The van der Waals surface area contributed by atoms with Gasteiger partial charge in [-0.05, 0) is 80.4 Å². The molecule has 3 aromatic carbocycles. The second-order valence-electron chi connectivity index (χ2n) is 8.00. The van der Waals surface area contributed by atoms with Gasteiger partial charge in [0.25, 0.3) is 0 Å². The highest BCUT2D eigenvalue weighted by molar-refractivity contribution is 9.10. The van der Waals surface area contributed by atoms with E-state index in [4.69, 9.17) is 9.47 Å². The van der Waals surface area contributed by atoms with Crippen LogP contribution in [0.25, 0.3) is 0 Å². The van der Waals surface area contributed by atoms with Crippen molar-refractivity contribution in [1.82, 2.24) is 0 Å². The number of ether oxygens (including phenoxy) is 2. The lowest BCUT2D eigenvalue weighted by Gasteiger charge is -2.18. The SMILES string of the molecule is COC(=Nc1cc(Br)cc(C(C)(C)O)c1)c1ccc(NCCOc2ccccc2C)cc1. The van der Waals surface area contributed by atoms with Crippen molar-refractivity contribution in [1.29, 1.82) is 0 Å². The van der Waals surface area contributed by atoms with Crippen LogP contribution >= 0.6 is 15.9 Å². The van der Waals surface area contributed by atoms with Crippen LogP contribution in [0, 0.1) is 6.92 Å². The molecule has 0 fully saturated rings. The van der Waals surface area contributed by atoms with Gasteiger partial charge in [0.1, 0.15) is 12.4 Å². The van der Waals surface area contributed by atoms with Crippen molar-refractivity contribution in [2.45, 2.75) is 26.4 Å². The Hall–Kier alpha value is -2.83. The minimum Gasteiger partial charge on any atom is -0.491 e. The molecule has 0 aliphatic rings. The van der Waals surface area contributed by atoms with Gasteiger partial charge in [-0.3, -0.25) is 0 Å². The van der Waals surface area contributed by atoms with Crippen molar-refractivity contribution in [3.8, 4) is 5.75 Å². The summed E-state index contributed by atoms with van der Waals surface area (Å²) in [6.07, 6.45) is 0. The molecule has 0 amide bonds. The molecule has 168 valence electrons. The van der Waals surface area contributed by atoms with Gasteiger partial charge in [-0.15, -0.1) is 0 Å². The number of hydrogen-bond donors (Lipinski definition) is 2. The Morgan fingerprint density at radius 3 is 2.44 bits per heavy atom. The number of nitrogens with one attached hydrogen (secondary N) is 1. The van der Waals surface area contributed by atoms with Crippen molar-refractivity contribution >= 4 is 33.2 Å². The number of methoxy groups -OCH3 is 1. The molecule has 32 heavy (non-hydrogen) atoms. The van der Waals surface area contributed by atoms with E-state index in [1.54, 1.807) is 21.0 Å². The van der Waals surface area contributed by atoms with Gasteiger partial charge in [0.05, 0.1) is 18.4 Å². The smallest absolute Gasteiger partial charge is 0.221 e. The second kappa shape index (κ2) is 10.7. The summed E-state index contributed by atoms with van der Waals surface area (Å²) < 4.78 is 12.2. The summed E-state index contributed by atoms with van der Waals surface area (Å²) in [5.41, 5.74) is 3.49. The fourth-order valence-corrected chi connectivity index (χ4v) is 3.62. The van der Waals surface area contributed by atoms with Gasteiger partial charge in [0, 0.05) is 22.3 Å². The summed E-state index contributed by atoms with van der Waals surface area (Å²) in [4.78, 5) is 4.64. The number of aryl methyl sites for hydroxylation is 1. The lowest BCUT2D eigenvalue weighted by molar-refractivity contribution is 0.0786. The van der Waals surface area contributed by atoms with Gasteiger partial charge < -0.3 is 19.9 Å². The molecule has 0 aliphatic heterocycles. The van der Waals surface area contributed by atoms with Gasteiger partial charge in [-0.2, -0.15) is 0 Å². The molecular formula is C26H29BrN2O3. The fraction of sp³-hybridized carbons (Fsp3) is 0.269. The first-order chi connectivity index (χ1) is 15.3. The van der Waals surface area contributed by atoms with Crippen LogP contribution < -0.4 is 10.1 Å². The quantitative estimate of drug-likeness (QED) is 0.221. The number of hydrogen-bond acceptors (Lipinski definition) is 5. The summed E-state index contributed by atoms with van der Waals surface area (Å²) in [7, 11) is 1.60. The van der Waals surface area contributed by atoms with E-state index >= 15 is 0 Å². The van der Waals surface area contributed by atoms with Crippen molar-refractivity contribution in [2.24, 2.45) is 4.99 Å². The van der Waals surface area contributed by atoms with Gasteiger partial charge >= 0.3 is 0 Å². The lowest BCUT2D eigenvalue weighted by Crippen LogP contribution is -2.15. The number of benzene rings is 3. The maximum Gasteiger partial charge on any atom is 0.221 e. The predicted octanol–water partition coefficient (Wildman–Crippen LogP) is 6.20. The van der Waals surface area contributed by atoms with E-state index in [0.717, 1.165) is 32.6 Å².